The lowest BCUT2D eigenvalue weighted by atomic mass is 9.98. The number of benzene rings is 1. The molecule has 0 aliphatic heterocycles. The molecule has 2 nitrogen and oxygen atoms in total. The van der Waals surface area contributed by atoms with Crippen molar-refractivity contribution >= 4 is 0 Å². The van der Waals surface area contributed by atoms with Crippen molar-refractivity contribution in [3.05, 3.63) is 35.4 Å². The molecule has 15 heavy (non-hydrogen) atoms. The molecule has 0 aromatic heterocycles. The fourth-order valence-electron chi connectivity index (χ4n) is 1.65. The molecule has 1 rings (SSSR count). The second-order valence-electron chi connectivity index (χ2n) is 3.76. The van der Waals surface area contributed by atoms with E-state index in [9.17, 15) is 9.50 Å². The Hall–Kier alpha value is -0.930. The summed E-state index contributed by atoms with van der Waals surface area (Å²) in [7, 11) is 1.78. The van der Waals surface area contributed by atoms with E-state index in [1.54, 1.807) is 7.05 Å². The lowest BCUT2D eigenvalue weighted by molar-refractivity contribution is 0.176. The number of nitrogens with one attached hydrogen (secondary N) is 1. The Balaban J connectivity index is 2.85. The quantitative estimate of drug-likeness (QED) is 0.779. The average Bonchev–Trinajstić information content (AvgIpc) is 2.18. The maximum absolute atomic E-state index is 12.9. The average molecular weight is 211 g/mol. The zero-order valence-electron chi connectivity index (χ0n) is 9.20. The number of hydrogen-bond donors (Lipinski definition) is 2. The first-order valence-electron chi connectivity index (χ1n) is 5.19. The maximum Gasteiger partial charge on any atom is 0.101 e. The van der Waals surface area contributed by atoms with Crippen molar-refractivity contribution in [3.63, 3.8) is 0 Å². The Labute approximate surface area is 90.1 Å². The Morgan fingerprint density at radius 1 is 1.40 bits per heavy atom. The van der Waals surface area contributed by atoms with Crippen LogP contribution < -0.4 is 5.32 Å². The highest BCUT2D eigenvalue weighted by molar-refractivity contribution is 5.29. The van der Waals surface area contributed by atoms with Crippen molar-refractivity contribution in [1.29, 1.82) is 0 Å². The summed E-state index contributed by atoms with van der Waals surface area (Å²) >= 11 is 0. The summed E-state index contributed by atoms with van der Waals surface area (Å²) in [5, 5.41) is 12.7. The monoisotopic (exact) mass is 211 g/mol. The van der Waals surface area contributed by atoms with Gasteiger partial charge in [-0.2, -0.15) is 0 Å². The molecule has 2 unspecified atom stereocenters. The SMILES string of the molecule is CNCC(O)c1ccccc1CC(C)F. The highest BCUT2D eigenvalue weighted by atomic mass is 19.1. The minimum Gasteiger partial charge on any atom is -0.387 e. The molecule has 2 N–H and O–H groups in total. The summed E-state index contributed by atoms with van der Waals surface area (Å²) < 4.78 is 12.9. The third-order valence-corrected chi connectivity index (χ3v) is 2.31. The van der Waals surface area contributed by atoms with Crippen molar-refractivity contribution in [2.45, 2.75) is 25.6 Å². The molecule has 0 aliphatic carbocycles. The molecule has 0 aliphatic rings. The van der Waals surface area contributed by atoms with Crippen LogP contribution in [0.25, 0.3) is 0 Å². The molecule has 0 saturated heterocycles. The van der Waals surface area contributed by atoms with Crippen LogP contribution >= 0.6 is 0 Å². The van der Waals surface area contributed by atoms with Gasteiger partial charge in [0.2, 0.25) is 0 Å². The van der Waals surface area contributed by atoms with Gasteiger partial charge >= 0.3 is 0 Å². The van der Waals surface area contributed by atoms with Crippen molar-refractivity contribution in [1.82, 2.24) is 5.32 Å². The van der Waals surface area contributed by atoms with Gasteiger partial charge in [0.15, 0.2) is 0 Å². The molecule has 1 aromatic carbocycles. The van der Waals surface area contributed by atoms with Crippen LogP contribution in [0.5, 0.6) is 0 Å². The van der Waals surface area contributed by atoms with Crippen molar-refractivity contribution < 1.29 is 9.50 Å². The van der Waals surface area contributed by atoms with E-state index in [0.29, 0.717) is 13.0 Å². The van der Waals surface area contributed by atoms with E-state index >= 15 is 0 Å². The van der Waals surface area contributed by atoms with Gasteiger partial charge in [-0.05, 0) is 25.1 Å². The zero-order valence-corrected chi connectivity index (χ0v) is 9.20. The van der Waals surface area contributed by atoms with Crippen LogP contribution in [-0.4, -0.2) is 24.9 Å². The van der Waals surface area contributed by atoms with Crippen LogP contribution in [0, 0.1) is 0 Å². The van der Waals surface area contributed by atoms with E-state index in [2.05, 4.69) is 5.32 Å². The topological polar surface area (TPSA) is 32.3 Å². The lowest BCUT2D eigenvalue weighted by Gasteiger charge is -2.15. The van der Waals surface area contributed by atoms with Crippen LogP contribution in [0.3, 0.4) is 0 Å². The van der Waals surface area contributed by atoms with E-state index in [1.807, 2.05) is 24.3 Å². The third-order valence-electron chi connectivity index (χ3n) is 2.31. The minimum absolute atomic E-state index is 0.358. The summed E-state index contributed by atoms with van der Waals surface area (Å²) in [6.07, 6.45) is -1.09. The van der Waals surface area contributed by atoms with E-state index < -0.39 is 12.3 Å². The van der Waals surface area contributed by atoms with Gasteiger partial charge in [0.25, 0.3) is 0 Å². The zero-order chi connectivity index (χ0) is 11.3. The molecule has 1 aromatic rings. The number of aliphatic hydroxyl groups is 1. The molecule has 0 bridgehead atoms. The van der Waals surface area contributed by atoms with Crippen LogP contribution in [-0.2, 0) is 6.42 Å². The van der Waals surface area contributed by atoms with Crippen molar-refractivity contribution in [3.8, 4) is 0 Å². The number of likely N-dealkylation sites (N-methyl/N-ethyl adjacent to an activating group) is 1. The molecular formula is C12H18FNO. The molecule has 0 saturated carbocycles. The number of rotatable bonds is 5. The minimum atomic E-state index is -0.882. The van der Waals surface area contributed by atoms with E-state index in [1.165, 1.54) is 6.92 Å². The van der Waals surface area contributed by atoms with Crippen LogP contribution in [0.15, 0.2) is 24.3 Å². The summed E-state index contributed by atoms with van der Waals surface area (Å²) in [5.41, 5.74) is 1.70. The molecule has 0 fully saturated rings. The molecule has 3 heteroatoms. The van der Waals surface area contributed by atoms with Gasteiger partial charge in [-0.15, -0.1) is 0 Å². The van der Waals surface area contributed by atoms with Gasteiger partial charge in [0, 0.05) is 13.0 Å². The molecule has 0 heterocycles. The highest BCUT2D eigenvalue weighted by Crippen LogP contribution is 2.19. The number of aliphatic hydroxyl groups excluding tert-OH is 1. The van der Waals surface area contributed by atoms with E-state index in [4.69, 9.17) is 0 Å². The Morgan fingerprint density at radius 3 is 2.67 bits per heavy atom. The normalized spacial score (nSPS) is 14.9. The van der Waals surface area contributed by atoms with Gasteiger partial charge in [-0.25, -0.2) is 4.39 Å². The predicted molar refractivity (Wildman–Crippen MR) is 59.6 cm³/mol. The summed E-state index contributed by atoms with van der Waals surface area (Å²) in [6.45, 7) is 2.01. The molecule has 0 radical (unpaired) electrons. The number of halogens is 1. The van der Waals surface area contributed by atoms with Gasteiger partial charge in [-0.3, -0.25) is 0 Å². The second-order valence-corrected chi connectivity index (χ2v) is 3.76. The van der Waals surface area contributed by atoms with Gasteiger partial charge in [0.1, 0.15) is 6.17 Å². The first-order valence-corrected chi connectivity index (χ1v) is 5.19. The van der Waals surface area contributed by atoms with Gasteiger partial charge in [0.05, 0.1) is 6.10 Å². The largest absolute Gasteiger partial charge is 0.387 e. The molecule has 0 amide bonds. The van der Waals surface area contributed by atoms with Crippen molar-refractivity contribution in [2.24, 2.45) is 0 Å². The second kappa shape index (κ2) is 5.83. The molecule has 2 atom stereocenters. The summed E-state index contributed by atoms with van der Waals surface area (Å²) in [6, 6.07) is 7.44. The van der Waals surface area contributed by atoms with Crippen LogP contribution in [0.1, 0.15) is 24.2 Å². The molecular weight excluding hydrogens is 193 g/mol. The fourth-order valence-corrected chi connectivity index (χ4v) is 1.65. The first kappa shape index (κ1) is 12.1. The standard InChI is InChI=1S/C12H18FNO/c1-9(13)7-10-5-3-4-6-11(10)12(15)8-14-2/h3-6,9,12,14-15H,7-8H2,1-2H3. The lowest BCUT2D eigenvalue weighted by Crippen LogP contribution is -2.18. The van der Waals surface area contributed by atoms with Crippen molar-refractivity contribution in [2.75, 3.05) is 13.6 Å². The number of hydrogen-bond acceptors (Lipinski definition) is 2. The maximum atomic E-state index is 12.9. The Morgan fingerprint density at radius 2 is 2.07 bits per heavy atom. The van der Waals surface area contributed by atoms with E-state index in [0.717, 1.165) is 11.1 Å². The number of alkyl halides is 1. The summed E-state index contributed by atoms with van der Waals surface area (Å²) in [5.74, 6) is 0. The van der Waals surface area contributed by atoms with Crippen LogP contribution in [0.4, 0.5) is 4.39 Å². The van der Waals surface area contributed by atoms with Gasteiger partial charge < -0.3 is 10.4 Å². The fraction of sp³-hybridized carbons (Fsp3) is 0.500. The van der Waals surface area contributed by atoms with Crippen LogP contribution in [0.2, 0.25) is 0 Å². The smallest absolute Gasteiger partial charge is 0.101 e. The predicted octanol–water partition coefficient (Wildman–Crippen LogP) is 1.84. The molecule has 0 spiro atoms. The Bertz CT molecular complexity index is 301. The molecule has 84 valence electrons. The third kappa shape index (κ3) is 3.61. The van der Waals surface area contributed by atoms with Gasteiger partial charge in [-0.1, -0.05) is 24.3 Å². The summed E-state index contributed by atoms with van der Waals surface area (Å²) in [4.78, 5) is 0. The first-order chi connectivity index (χ1) is 7.15. The van der Waals surface area contributed by atoms with E-state index in [-0.39, 0.29) is 0 Å². The highest BCUT2D eigenvalue weighted by Gasteiger charge is 2.12. The Kier molecular flexibility index (Phi) is 4.72.